The first-order valence-electron chi connectivity index (χ1n) is 17.9. The molecule has 0 aliphatic carbocycles. The number of benzene rings is 4. The maximum atomic E-state index is 13.7. The van der Waals surface area contributed by atoms with Gasteiger partial charge in [-0.1, -0.05) is 66.7 Å². The predicted octanol–water partition coefficient (Wildman–Crippen LogP) is 8.02. The van der Waals surface area contributed by atoms with Crippen molar-refractivity contribution in [2.75, 3.05) is 30.9 Å². The molecule has 1 aliphatic heterocycles. The minimum Gasteiger partial charge on any atom is -0.497 e. The molecule has 282 valence electrons. The second-order valence-corrected chi connectivity index (χ2v) is 15.3. The van der Waals surface area contributed by atoms with Crippen molar-refractivity contribution in [2.45, 2.75) is 43.5 Å². The lowest BCUT2D eigenvalue weighted by Crippen LogP contribution is -2.30. The molecule has 0 radical (unpaired) electrons. The van der Waals surface area contributed by atoms with E-state index >= 15 is 0 Å². The normalized spacial score (nSPS) is 13.3. The Labute approximate surface area is 328 Å². The van der Waals surface area contributed by atoms with Gasteiger partial charge < -0.3 is 25.4 Å². The molecule has 4 aromatic carbocycles. The number of nitrogens with one attached hydrogen (secondary N) is 3. The van der Waals surface area contributed by atoms with E-state index in [1.54, 1.807) is 93.8 Å². The number of thiophene rings is 1. The second-order valence-electron chi connectivity index (χ2n) is 12.8. The van der Waals surface area contributed by atoms with Crippen LogP contribution in [0.4, 0.5) is 10.7 Å². The standard InChI is InChI=1S/C43H42N4O6S2/c1-4-53-43(51)38-35-22-23-47(26-30-12-7-5-8-13-30)27-37(35)55-42(38)46-39(48)28(2)54-34-17-11-16-32(25-34)44-41(50)36(24-29-18-20-33(52-3)21-19-29)45-40(49)31-14-9-6-10-15-31/h5-21,24-25,28H,4,22-23,26-27H2,1-3H3,(H,44,50)(H,45,49)(H,46,48)/b36-24+. The zero-order chi connectivity index (χ0) is 38.7. The SMILES string of the molecule is CCOC(=O)c1c(NC(=O)C(C)Sc2cccc(NC(=O)/C(=C\c3ccc(OC)cc3)NC(=O)c3ccccc3)c2)sc2c1CCN(Cc1ccccc1)C2. The summed E-state index contributed by atoms with van der Waals surface area (Å²) < 4.78 is 10.7. The first-order chi connectivity index (χ1) is 26.7. The maximum absolute atomic E-state index is 13.7. The molecular formula is C43H42N4O6S2. The summed E-state index contributed by atoms with van der Waals surface area (Å²) in [5.41, 5.74) is 4.21. The Morgan fingerprint density at radius 3 is 2.35 bits per heavy atom. The number of fused-ring (bicyclic) bond motifs is 1. The zero-order valence-corrected chi connectivity index (χ0v) is 32.4. The Bertz CT molecular complexity index is 2170. The van der Waals surface area contributed by atoms with Crippen LogP contribution in [0.15, 0.2) is 120 Å². The number of thioether (sulfide) groups is 1. The summed E-state index contributed by atoms with van der Waals surface area (Å²) in [4.78, 5) is 57.7. The molecule has 1 atom stereocenters. The number of nitrogens with zero attached hydrogens (tertiary/aromatic N) is 1. The van der Waals surface area contributed by atoms with Gasteiger partial charge in [-0.05, 0) is 85.5 Å². The third kappa shape index (κ3) is 10.3. The highest BCUT2D eigenvalue weighted by atomic mass is 32.2. The first kappa shape index (κ1) is 39.0. The van der Waals surface area contributed by atoms with Gasteiger partial charge in [0, 0.05) is 40.7 Å². The topological polar surface area (TPSA) is 126 Å². The van der Waals surface area contributed by atoms with Gasteiger partial charge in [-0.25, -0.2) is 4.79 Å². The summed E-state index contributed by atoms with van der Waals surface area (Å²) in [6, 6.07) is 33.2. The molecule has 5 aromatic rings. The Balaban J connectivity index is 1.14. The zero-order valence-electron chi connectivity index (χ0n) is 30.8. The van der Waals surface area contributed by atoms with Gasteiger partial charge in [0.1, 0.15) is 16.4 Å². The molecule has 10 nitrogen and oxygen atoms in total. The molecule has 2 heterocycles. The smallest absolute Gasteiger partial charge is 0.341 e. The van der Waals surface area contributed by atoms with E-state index in [4.69, 9.17) is 9.47 Å². The molecule has 0 spiro atoms. The van der Waals surface area contributed by atoms with Crippen LogP contribution in [0.3, 0.4) is 0 Å². The minimum absolute atomic E-state index is 0.0454. The van der Waals surface area contributed by atoms with Crippen LogP contribution in [-0.4, -0.2) is 54.1 Å². The van der Waals surface area contributed by atoms with Gasteiger partial charge in [0.15, 0.2) is 0 Å². The molecule has 0 fully saturated rings. The van der Waals surface area contributed by atoms with E-state index < -0.39 is 23.0 Å². The number of rotatable bonds is 14. The third-order valence-electron chi connectivity index (χ3n) is 8.83. The van der Waals surface area contributed by atoms with Gasteiger partial charge in [0.2, 0.25) is 5.91 Å². The van der Waals surface area contributed by atoms with Crippen LogP contribution in [0.1, 0.15) is 56.1 Å². The van der Waals surface area contributed by atoms with E-state index in [0.29, 0.717) is 46.1 Å². The molecule has 0 bridgehead atoms. The van der Waals surface area contributed by atoms with Crippen LogP contribution in [-0.2, 0) is 33.8 Å². The van der Waals surface area contributed by atoms with Crippen molar-refractivity contribution < 1.29 is 28.7 Å². The lowest BCUT2D eigenvalue weighted by Gasteiger charge is -2.27. The third-order valence-corrected chi connectivity index (χ3v) is 11.1. The minimum atomic E-state index is -0.551. The van der Waals surface area contributed by atoms with E-state index in [2.05, 4.69) is 33.0 Å². The summed E-state index contributed by atoms with van der Waals surface area (Å²) in [6.07, 6.45) is 2.27. The molecule has 12 heteroatoms. The largest absolute Gasteiger partial charge is 0.497 e. The van der Waals surface area contributed by atoms with Crippen molar-refractivity contribution in [3.63, 3.8) is 0 Å². The highest BCUT2D eigenvalue weighted by molar-refractivity contribution is 8.00. The van der Waals surface area contributed by atoms with Crippen LogP contribution in [0, 0.1) is 0 Å². The Morgan fingerprint density at radius 1 is 0.909 bits per heavy atom. The van der Waals surface area contributed by atoms with Gasteiger partial charge in [-0.15, -0.1) is 23.1 Å². The van der Waals surface area contributed by atoms with Gasteiger partial charge in [-0.3, -0.25) is 19.3 Å². The number of amides is 3. The average molecular weight is 775 g/mol. The van der Waals surface area contributed by atoms with Crippen LogP contribution in [0.25, 0.3) is 6.08 Å². The summed E-state index contributed by atoms with van der Waals surface area (Å²) in [6.45, 7) is 6.05. The molecule has 55 heavy (non-hydrogen) atoms. The van der Waals surface area contributed by atoms with E-state index in [1.165, 1.54) is 28.7 Å². The van der Waals surface area contributed by atoms with Gasteiger partial charge >= 0.3 is 5.97 Å². The molecule has 1 unspecified atom stereocenters. The molecule has 3 amide bonds. The Hall–Kier alpha value is -5.69. The van der Waals surface area contributed by atoms with Gasteiger partial charge in [0.05, 0.1) is 24.5 Å². The van der Waals surface area contributed by atoms with Crippen molar-refractivity contribution in [3.8, 4) is 5.75 Å². The van der Waals surface area contributed by atoms with Crippen molar-refractivity contribution in [3.05, 3.63) is 148 Å². The maximum Gasteiger partial charge on any atom is 0.341 e. The van der Waals surface area contributed by atoms with Crippen LogP contribution in [0.2, 0.25) is 0 Å². The summed E-state index contributed by atoms with van der Waals surface area (Å²) in [5.74, 6) is -0.993. The number of hydrogen-bond acceptors (Lipinski definition) is 9. The monoisotopic (exact) mass is 774 g/mol. The molecule has 6 rings (SSSR count). The number of anilines is 2. The first-order valence-corrected chi connectivity index (χ1v) is 19.6. The van der Waals surface area contributed by atoms with Gasteiger partial charge in [0.25, 0.3) is 11.8 Å². The highest BCUT2D eigenvalue weighted by Gasteiger charge is 2.30. The fourth-order valence-corrected chi connectivity index (χ4v) is 8.27. The lowest BCUT2D eigenvalue weighted by molar-refractivity contribution is -0.115. The average Bonchev–Trinajstić information content (AvgIpc) is 3.55. The van der Waals surface area contributed by atoms with Crippen molar-refractivity contribution in [1.82, 2.24) is 10.2 Å². The number of esters is 1. The summed E-state index contributed by atoms with van der Waals surface area (Å²) in [5, 5.41) is 8.62. The Kier molecular flexibility index (Phi) is 13.2. The van der Waals surface area contributed by atoms with Crippen LogP contribution in [0.5, 0.6) is 5.75 Å². The van der Waals surface area contributed by atoms with E-state index in [0.717, 1.165) is 28.4 Å². The molecular weight excluding hydrogens is 733 g/mol. The van der Waals surface area contributed by atoms with Gasteiger partial charge in [-0.2, -0.15) is 0 Å². The molecule has 0 saturated heterocycles. The van der Waals surface area contributed by atoms with Crippen molar-refractivity contribution in [1.29, 1.82) is 0 Å². The number of carbonyl (C=O) groups excluding carboxylic acids is 4. The number of ether oxygens (including phenoxy) is 2. The number of hydrogen-bond donors (Lipinski definition) is 3. The molecule has 0 saturated carbocycles. The van der Waals surface area contributed by atoms with E-state index in [9.17, 15) is 19.2 Å². The quantitative estimate of drug-likeness (QED) is 0.0589. The predicted molar refractivity (Wildman–Crippen MR) is 218 cm³/mol. The van der Waals surface area contributed by atoms with Crippen molar-refractivity contribution in [2.24, 2.45) is 0 Å². The summed E-state index contributed by atoms with van der Waals surface area (Å²) in [7, 11) is 1.57. The second kappa shape index (κ2) is 18.6. The number of methoxy groups -OCH3 is 1. The molecule has 1 aromatic heterocycles. The van der Waals surface area contributed by atoms with E-state index in [1.807, 2.05) is 30.3 Å². The molecule has 3 N–H and O–H groups in total. The fourth-order valence-electron chi connectivity index (χ4n) is 6.07. The fraction of sp³-hybridized carbons (Fsp3) is 0.209. The van der Waals surface area contributed by atoms with Crippen LogP contribution < -0.4 is 20.7 Å². The Morgan fingerprint density at radius 2 is 1.64 bits per heavy atom. The van der Waals surface area contributed by atoms with E-state index in [-0.39, 0.29) is 18.2 Å². The summed E-state index contributed by atoms with van der Waals surface area (Å²) >= 11 is 2.74. The highest BCUT2D eigenvalue weighted by Crippen LogP contribution is 2.39. The number of carbonyl (C=O) groups is 4. The lowest BCUT2D eigenvalue weighted by atomic mass is 10.0. The van der Waals surface area contributed by atoms with Crippen LogP contribution >= 0.6 is 23.1 Å². The van der Waals surface area contributed by atoms with Crippen molar-refractivity contribution >= 4 is 63.6 Å². The molecule has 1 aliphatic rings.